The van der Waals surface area contributed by atoms with Crippen molar-refractivity contribution >= 4 is 17.2 Å². The van der Waals surface area contributed by atoms with Gasteiger partial charge in [0.15, 0.2) is 0 Å². The van der Waals surface area contributed by atoms with Gasteiger partial charge in [0.2, 0.25) is 0 Å². The molecule has 3 N–H and O–H groups in total. The van der Waals surface area contributed by atoms with Crippen molar-refractivity contribution in [2.24, 2.45) is 5.73 Å². The van der Waals surface area contributed by atoms with Gasteiger partial charge in [0.05, 0.1) is 5.56 Å². The Bertz CT molecular complexity index is 481. The third-order valence-corrected chi connectivity index (χ3v) is 4.22. The monoisotopic (exact) mass is 308 g/mol. The quantitative estimate of drug-likeness (QED) is 0.754. The maximum Gasteiger partial charge on any atom is 0.129 e. The van der Waals surface area contributed by atoms with Crippen LogP contribution in [0.15, 0.2) is 24.3 Å². The Hall–Kier alpha value is -1.17. The van der Waals surface area contributed by atoms with E-state index in [1.54, 1.807) is 0 Å². The van der Waals surface area contributed by atoms with Crippen molar-refractivity contribution in [2.75, 3.05) is 19.7 Å². The van der Waals surface area contributed by atoms with Crippen LogP contribution >= 0.6 is 12.2 Å². The van der Waals surface area contributed by atoms with E-state index in [0.29, 0.717) is 28.9 Å². The highest BCUT2D eigenvalue weighted by Gasteiger charge is 2.24. The predicted octanol–water partition coefficient (Wildman–Crippen LogP) is 1.93. The standard InChI is InChI=1S/C16H24N2O2S/c1-2-12-6-5-9-18(12)10-13(19)11-20-15-8-4-3-7-14(15)16(17)21/h3-4,7-8,12-13,19H,2,5-6,9-11H2,1H3,(H2,17,21). The normalized spacial score (nSPS) is 20.4. The lowest BCUT2D eigenvalue weighted by Crippen LogP contribution is -2.38. The van der Waals surface area contributed by atoms with Crippen LogP contribution in [0.25, 0.3) is 0 Å². The number of aliphatic hydroxyl groups is 1. The molecular formula is C16H24N2O2S. The summed E-state index contributed by atoms with van der Waals surface area (Å²) in [4.78, 5) is 2.67. The second kappa shape index (κ2) is 7.73. The topological polar surface area (TPSA) is 58.7 Å². The molecule has 116 valence electrons. The largest absolute Gasteiger partial charge is 0.490 e. The number of nitrogens with zero attached hydrogens (tertiary/aromatic N) is 1. The summed E-state index contributed by atoms with van der Waals surface area (Å²) in [5, 5.41) is 10.2. The maximum absolute atomic E-state index is 10.2. The lowest BCUT2D eigenvalue weighted by molar-refractivity contribution is 0.0634. The van der Waals surface area contributed by atoms with Gasteiger partial charge in [0.25, 0.3) is 0 Å². The molecule has 1 aromatic carbocycles. The first-order valence-electron chi connectivity index (χ1n) is 7.55. The van der Waals surface area contributed by atoms with E-state index >= 15 is 0 Å². The number of para-hydroxylation sites is 1. The van der Waals surface area contributed by atoms with E-state index in [1.165, 1.54) is 12.8 Å². The molecule has 0 spiro atoms. The second-order valence-corrected chi connectivity index (χ2v) is 5.96. The van der Waals surface area contributed by atoms with Gasteiger partial charge in [-0.2, -0.15) is 0 Å². The fraction of sp³-hybridized carbons (Fsp3) is 0.562. The van der Waals surface area contributed by atoms with Gasteiger partial charge in [-0.15, -0.1) is 0 Å². The number of hydrogen-bond acceptors (Lipinski definition) is 4. The summed E-state index contributed by atoms with van der Waals surface area (Å²) in [5.41, 5.74) is 6.39. The van der Waals surface area contributed by atoms with E-state index in [1.807, 2.05) is 24.3 Å². The number of rotatable bonds is 7. The molecule has 1 aliphatic rings. The van der Waals surface area contributed by atoms with Crippen molar-refractivity contribution in [3.8, 4) is 5.75 Å². The van der Waals surface area contributed by atoms with E-state index in [0.717, 1.165) is 13.0 Å². The van der Waals surface area contributed by atoms with E-state index < -0.39 is 6.10 Å². The molecule has 21 heavy (non-hydrogen) atoms. The molecule has 0 radical (unpaired) electrons. The zero-order valence-corrected chi connectivity index (χ0v) is 13.3. The molecule has 0 amide bonds. The first kappa shape index (κ1) is 16.2. The van der Waals surface area contributed by atoms with Gasteiger partial charge >= 0.3 is 0 Å². The zero-order chi connectivity index (χ0) is 15.2. The van der Waals surface area contributed by atoms with Crippen LogP contribution < -0.4 is 10.5 Å². The Morgan fingerprint density at radius 1 is 1.52 bits per heavy atom. The number of hydrogen-bond donors (Lipinski definition) is 2. The number of thiocarbonyl (C=S) groups is 1. The van der Waals surface area contributed by atoms with Crippen molar-refractivity contribution in [2.45, 2.75) is 38.3 Å². The molecule has 2 rings (SSSR count). The fourth-order valence-corrected chi connectivity index (χ4v) is 3.07. The SMILES string of the molecule is CCC1CCCN1CC(O)COc1ccccc1C(N)=S. The molecule has 0 aliphatic carbocycles. The minimum Gasteiger partial charge on any atom is -0.490 e. The Morgan fingerprint density at radius 3 is 3.00 bits per heavy atom. The van der Waals surface area contributed by atoms with Gasteiger partial charge in [0.1, 0.15) is 23.4 Å². The summed E-state index contributed by atoms with van der Waals surface area (Å²) >= 11 is 5.00. The smallest absolute Gasteiger partial charge is 0.129 e. The third-order valence-electron chi connectivity index (χ3n) is 4.00. The van der Waals surface area contributed by atoms with E-state index in [4.69, 9.17) is 22.7 Å². The number of ether oxygens (including phenoxy) is 1. The van der Waals surface area contributed by atoms with Gasteiger partial charge in [-0.3, -0.25) is 4.90 Å². The Balaban J connectivity index is 1.87. The van der Waals surface area contributed by atoms with Crippen LogP contribution in [0, 0.1) is 0 Å². The summed E-state index contributed by atoms with van der Waals surface area (Å²) in [5.74, 6) is 0.637. The minimum absolute atomic E-state index is 0.257. The average Bonchev–Trinajstić information content (AvgIpc) is 2.92. The Kier molecular flexibility index (Phi) is 5.96. The lowest BCUT2D eigenvalue weighted by Gasteiger charge is -2.26. The molecule has 0 aromatic heterocycles. The minimum atomic E-state index is -0.503. The number of β-amino-alcohol motifs (C(OH)–C–C–N with tert-alkyl or cyclic N) is 1. The molecular weight excluding hydrogens is 284 g/mol. The fourth-order valence-electron chi connectivity index (χ4n) is 2.90. The highest BCUT2D eigenvalue weighted by atomic mass is 32.1. The first-order chi connectivity index (χ1) is 10.1. The van der Waals surface area contributed by atoms with Crippen LogP contribution in [0.2, 0.25) is 0 Å². The summed E-state index contributed by atoms with van der Waals surface area (Å²) in [6, 6.07) is 8.00. The number of aliphatic hydroxyl groups excluding tert-OH is 1. The van der Waals surface area contributed by atoms with E-state index in [9.17, 15) is 5.11 Å². The van der Waals surface area contributed by atoms with Gasteiger partial charge in [-0.25, -0.2) is 0 Å². The van der Waals surface area contributed by atoms with Crippen LogP contribution in [-0.2, 0) is 0 Å². The summed E-state index contributed by atoms with van der Waals surface area (Å²) in [7, 11) is 0. The van der Waals surface area contributed by atoms with Crippen LogP contribution in [0.5, 0.6) is 5.75 Å². The first-order valence-corrected chi connectivity index (χ1v) is 7.96. The van der Waals surface area contributed by atoms with Gasteiger partial charge in [-0.1, -0.05) is 31.3 Å². The lowest BCUT2D eigenvalue weighted by atomic mass is 10.1. The number of benzene rings is 1. The molecule has 2 atom stereocenters. The average molecular weight is 308 g/mol. The molecule has 0 bridgehead atoms. The summed E-state index contributed by atoms with van der Waals surface area (Å²) in [6.45, 7) is 4.18. The highest BCUT2D eigenvalue weighted by Crippen LogP contribution is 2.21. The summed E-state index contributed by atoms with van der Waals surface area (Å²) < 4.78 is 5.70. The van der Waals surface area contributed by atoms with Crippen molar-refractivity contribution < 1.29 is 9.84 Å². The molecule has 5 heteroatoms. The van der Waals surface area contributed by atoms with Gasteiger partial charge in [-0.05, 0) is 37.9 Å². The molecule has 2 unspecified atom stereocenters. The Labute approximate surface area is 131 Å². The van der Waals surface area contributed by atoms with Crippen molar-refractivity contribution in [1.82, 2.24) is 4.90 Å². The summed E-state index contributed by atoms with van der Waals surface area (Å²) in [6.07, 6.45) is 3.08. The molecule has 1 aromatic rings. The maximum atomic E-state index is 10.2. The van der Waals surface area contributed by atoms with Crippen molar-refractivity contribution in [1.29, 1.82) is 0 Å². The third kappa shape index (κ3) is 4.40. The van der Waals surface area contributed by atoms with Gasteiger partial charge in [0, 0.05) is 12.6 Å². The van der Waals surface area contributed by atoms with Crippen molar-refractivity contribution in [3.63, 3.8) is 0 Å². The van der Waals surface area contributed by atoms with Crippen LogP contribution in [-0.4, -0.2) is 46.8 Å². The van der Waals surface area contributed by atoms with Crippen molar-refractivity contribution in [3.05, 3.63) is 29.8 Å². The number of likely N-dealkylation sites (tertiary alicyclic amines) is 1. The van der Waals surface area contributed by atoms with Crippen LogP contribution in [0.3, 0.4) is 0 Å². The molecule has 1 aliphatic heterocycles. The highest BCUT2D eigenvalue weighted by molar-refractivity contribution is 7.80. The predicted molar refractivity (Wildman–Crippen MR) is 88.7 cm³/mol. The van der Waals surface area contributed by atoms with E-state index in [2.05, 4.69) is 11.8 Å². The molecule has 1 saturated heterocycles. The number of nitrogens with two attached hydrogens (primary N) is 1. The van der Waals surface area contributed by atoms with Crippen LogP contribution in [0.1, 0.15) is 31.7 Å². The molecule has 1 fully saturated rings. The zero-order valence-electron chi connectivity index (χ0n) is 12.5. The molecule has 0 saturated carbocycles. The van der Waals surface area contributed by atoms with Crippen LogP contribution in [0.4, 0.5) is 0 Å². The molecule has 1 heterocycles. The van der Waals surface area contributed by atoms with Gasteiger partial charge < -0.3 is 15.6 Å². The molecule has 4 nitrogen and oxygen atoms in total. The Morgan fingerprint density at radius 2 is 2.29 bits per heavy atom. The second-order valence-electron chi connectivity index (χ2n) is 5.52. The van der Waals surface area contributed by atoms with E-state index in [-0.39, 0.29) is 6.61 Å².